The molecule has 4 heterocycles. The van der Waals surface area contributed by atoms with Gasteiger partial charge in [-0.15, -0.1) is 0 Å². The van der Waals surface area contributed by atoms with Crippen molar-refractivity contribution < 1.29 is 14.3 Å². The third-order valence-corrected chi connectivity index (χ3v) is 4.76. The summed E-state index contributed by atoms with van der Waals surface area (Å²) in [6, 6.07) is 2.03. The molecule has 0 bridgehead atoms. The number of rotatable bonds is 4. The number of ether oxygens (including phenoxy) is 2. The topological polar surface area (TPSA) is 94.4 Å². The fourth-order valence-electron chi connectivity index (χ4n) is 3.35. The van der Waals surface area contributed by atoms with E-state index in [0.717, 1.165) is 31.6 Å². The molecule has 2 aromatic rings. The van der Waals surface area contributed by atoms with Crippen molar-refractivity contribution in [3.8, 4) is 11.8 Å². The molecule has 9 nitrogen and oxygen atoms in total. The lowest BCUT2D eigenvalue weighted by Gasteiger charge is -2.32. The van der Waals surface area contributed by atoms with Gasteiger partial charge >= 0.3 is 0 Å². The standard InChI is InChI=1S/C17H22N6O3/c1-25-15-9-14(18-11-19-15)21-12-3-6-22(7-4-12)16(24)13-10-20-23-5-2-8-26-17(13)23/h9-12H,2-8H2,1H3,(H,18,19,21). The molecule has 0 saturated carbocycles. The lowest BCUT2D eigenvalue weighted by molar-refractivity contribution is 0.0711. The molecular formula is C17H22N6O3. The van der Waals surface area contributed by atoms with E-state index in [1.54, 1.807) is 24.1 Å². The molecular weight excluding hydrogens is 336 g/mol. The number of likely N-dealkylation sites (tertiary alicyclic amines) is 1. The Morgan fingerprint density at radius 3 is 2.96 bits per heavy atom. The van der Waals surface area contributed by atoms with E-state index in [0.29, 0.717) is 37.0 Å². The summed E-state index contributed by atoms with van der Waals surface area (Å²) in [5.41, 5.74) is 0.566. The van der Waals surface area contributed by atoms with Crippen LogP contribution >= 0.6 is 0 Å². The van der Waals surface area contributed by atoms with Crippen LogP contribution in [0.25, 0.3) is 0 Å². The molecule has 4 rings (SSSR count). The van der Waals surface area contributed by atoms with Gasteiger partial charge in [0.1, 0.15) is 17.7 Å². The van der Waals surface area contributed by atoms with Crippen molar-refractivity contribution in [2.45, 2.75) is 31.8 Å². The van der Waals surface area contributed by atoms with Gasteiger partial charge in [-0.3, -0.25) is 4.79 Å². The molecule has 0 radical (unpaired) electrons. The predicted molar refractivity (Wildman–Crippen MR) is 93.5 cm³/mol. The molecule has 26 heavy (non-hydrogen) atoms. The molecule has 1 saturated heterocycles. The number of fused-ring (bicyclic) bond motifs is 1. The summed E-state index contributed by atoms with van der Waals surface area (Å²) in [5.74, 6) is 1.87. The Bertz CT molecular complexity index is 785. The third kappa shape index (κ3) is 3.29. The third-order valence-electron chi connectivity index (χ3n) is 4.76. The maximum atomic E-state index is 12.8. The van der Waals surface area contributed by atoms with Gasteiger partial charge in [-0.2, -0.15) is 5.10 Å². The summed E-state index contributed by atoms with van der Waals surface area (Å²) in [4.78, 5) is 22.9. The highest BCUT2D eigenvalue weighted by Crippen LogP contribution is 2.25. The summed E-state index contributed by atoms with van der Waals surface area (Å²) < 4.78 is 12.5. The van der Waals surface area contributed by atoms with Crippen LogP contribution in [0.5, 0.6) is 11.8 Å². The highest BCUT2D eigenvalue weighted by atomic mass is 16.5. The van der Waals surface area contributed by atoms with Gasteiger partial charge in [0.05, 0.1) is 19.9 Å². The molecule has 1 fully saturated rings. The van der Waals surface area contributed by atoms with E-state index in [1.807, 2.05) is 4.90 Å². The van der Waals surface area contributed by atoms with Crippen LogP contribution in [0.2, 0.25) is 0 Å². The maximum Gasteiger partial charge on any atom is 0.260 e. The Morgan fingerprint density at radius 1 is 1.31 bits per heavy atom. The van der Waals surface area contributed by atoms with E-state index < -0.39 is 0 Å². The summed E-state index contributed by atoms with van der Waals surface area (Å²) >= 11 is 0. The first-order chi connectivity index (χ1) is 12.7. The second kappa shape index (κ2) is 7.19. The average Bonchev–Trinajstić information content (AvgIpc) is 3.12. The van der Waals surface area contributed by atoms with Gasteiger partial charge in [0.25, 0.3) is 5.91 Å². The van der Waals surface area contributed by atoms with Crippen LogP contribution in [-0.2, 0) is 6.54 Å². The summed E-state index contributed by atoms with van der Waals surface area (Å²) in [6.07, 6.45) is 5.72. The Hall–Kier alpha value is -2.84. The zero-order chi connectivity index (χ0) is 17.9. The van der Waals surface area contributed by atoms with Gasteiger partial charge in [0.15, 0.2) is 0 Å². The molecule has 2 aromatic heterocycles. The van der Waals surface area contributed by atoms with Gasteiger partial charge in [0.2, 0.25) is 11.8 Å². The molecule has 2 aliphatic rings. The van der Waals surface area contributed by atoms with E-state index in [9.17, 15) is 4.79 Å². The van der Waals surface area contributed by atoms with Crippen molar-refractivity contribution in [2.24, 2.45) is 0 Å². The van der Waals surface area contributed by atoms with Crippen molar-refractivity contribution in [1.82, 2.24) is 24.6 Å². The largest absolute Gasteiger partial charge is 0.481 e. The zero-order valence-corrected chi connectivity index (χ0v) is 14.7. The van der Waals surface area contributed by atoms with Crippen LogP contribution in [-0.4, -0.2) is 63.4 Å². The summed E-state index contributed by atoms with van der Waals surface area (Å²) in [6.45, 7) is 2.81. The number of nitrogens with one attached hydrogen (secondary N) is 1. The number of carbonyl (C=O) groups is 1. The number of nitrogens with zero attached hydrogens (tertiary/aromatic N) is 5. The molecule has 9 heteroatoms. The van der Waals surface area contributed by atoms with Crippen molar-refractivity contribution in [3.05, 3.63) is 24.2 Å². The normalized spacial score (nSPS) is 17.3. The van der Waals surface area contributed by atoms with E-state index in [2.05, 4.69) is 20.4 Å². The monoisotopic (exact) mass is 358 g/mol. The minimum atomic E-state index is -0.00435. The van der Waals surface area contributed by atoms with E-state index >= 15 is 0 Å². The number of anilines is 1. The Labute approximate surface area is 151 Å². The second-order valence-electron chi connectivity index (χ2n) is 6.44. The number of hydrogen-bond acceptors (Lipinski definition) is 7. The van der Waals surface area contributed by atoms with Gasteiger partial charge in [-0.05, 0) is 12.8 Å². The fraction of sp³-hybridized carbons (Fsp3) is 0.529. The molecule has 0 spiro atoms. The smallest absolute Gasteiger partial charge is 0.260 e. The number of aryl methyl sites for hydroxylation is 1. The first kappa shape index (κ1) is 16.6. The van der Waals surface area contributed by atoms with Crippen molar-refractivity contribution in [1.29, 1.82) is 0 Å². The van der Waals surface area contributed by atoms with Crippen LogP contribution < -0.4 is 14.8 Å². The minimum Gasteiger partial charge on any atom is -0.481 e. The minimum absolute atomic E-state index is 0.00435. The number of piperidine rings is 1. The van der Waals surface area contributed by atoms with E-state index in [1.165, 1.54) is 6.33 Å². The summed E-state index contributed by atoms with van der Waals surface area (Å²) in [7, 11) is 1.58. The second-order valence-corrected chi connectivity index (χ2v) is 6.44. The Kier molecular flexibility index (Phi) is 4.59. The van der Waals surface area contributed by atoms with E-state index in [-0.39, 0.29) is 11.9 Å². The maximum absolute atomic E-state index is 12.8. The van der Waals surface area contributed by atoms with Crippen molar-refractivity contribution in [3.63, 3.8) is 0 Å². The lowest BCUT2D eigenvalue weighted by Crippen LogP contribution is -2.42. The Morgan fingerprint density at radius 2 is 2.15 bits per heavy atom. The zero-order valence-electron chi connectivity index (χ0n) is 14.7. The van der Waals surface area contributed by atoms with Gasteiger partial charge in [-0.1, -0.05) is 0 Å². The first-order valence-corrected chi connectivity index (χ1v) is 8.85. The van der Waals surface area contributed by atoms with Crippen LogP contribution in [0.4, 0.5) is 5.82 Å². The fourth-order valence-corrected chi connectivity index (χ4v) is 3.35. The highest BCUT2D eigenvalue weighted by Gasteiger charge is 2.28. The van der Waals surface area contributed by atoms with Crippen LogP contribution in [0, 0.1) is 0 Å². The molecule has 1 amide bonds. The molecule has 2 aliphatic heterocycles. The summed E-state index contributed by atoms with van der Waals surface area (Å²) in [5, 5.41) is 7.66. The number of carbonyl (C=O) groups excluding carboxylic acids is 1. The van der Waals surface area contributed by atoms with Crippen molar-refractivity contribution in [2.75, 3.05) is 32.1 Å². The van der Waals surface area contributed by atoms with Crippen LogP contribution in [0.3, 0.4) is 0 Å². The van der Waals surface area contributed by atoms with Gasteiger partial charge in [-0.25, -0.2) is 14.6 Å². The molecule has 0 atom stereocenters. The SMILES string of the molecule is COc1cc(NC2CCN(C(=O)c3cnn4c3OCCC4)CC2)ncn1. The first-order valence-electron chi connectivity index (χ1n) is 8.85. The molecule has 138 valence electrons. The average molecular weight is 358 g/mol. The van der Waals surface area contributed by atoms with Crippen LogP contribution in [0.1, 0.15) is 29.6 Å². The number of methoxy groups -OCH3 is 1. The number of hydrogen-bond donors (Lipinski definition) is 1. The molecule has 0 aliphatic carbocycles. The number of aromatic nitrogens is 4. The van der Waals surface area contributed by atoms with Gasteiger partial charge < -0.3 is 19.7 Å². The van der Waals surface area contributed by atoms with Gasteiger partial charge in [0, 0.05) is 38.2 Å². The Balaban J connectivity index is 1.36. The molecule has 0 aromatic carbocycles. The predicted octanol–water partition coefficient (Wildman–Crippen LogP) is 1.18. The van der Waals surface area contributed by atoms with E-state index in [4.69, 9.17) is 9.47 Å². The number of amides is 1. The molecule has 0 unspecified atom stereocenters. The highest BCUT2D eigenvalue weighted by molar-refractivity contribution is 5.96. The lowest BCUT2D eigenvalue weighted by atomic mass is 10.0. The van der Waals surface area contributed by atoms with Crippen molar-refractivity contribution >= 4 is 11.7 Å². The molecule has 1 N–H and O–H groups in total. The van der Waals surface area contributed by atoms with Crippen LogP contribution in [0.15, 0.2) is 18.6 Å². The quantitative estimate of drug-likeness (QED) is 0.877.